The third-order valence-electron chi connectivity index (χ3n) is 7.73. The lowest BCUT2D eigenvalue weighted by Gasteiger charge is -2.51. The van der Waals surface area contributed by atoms with Crippen LogP contribution < -0.4 is 0 Å². The number of likely N-dealkylation sites (tertiary alicyclic amines) is 1. The number of carbonyl (C=O) groups excluding carboxylic acids is 2. The maximum absolute atomic E-state index is 13.5. The Morgan fingerprint density at radius 2 is 1.56 bits per heavy atom. The second kappa shape index (κ2) is 9.16. The van der Waals surface area contributed by atoms with Crippen LogP contribution in [0, 0.1) is 5.92 Å². The van der Waals surface area contributed by atoms with E-state index in [2.05, 4.69) is 4.90 Å². The van der Waals surface area contributed by atoms with E-state index in [0.717, 1.165) is 74.0 Å². The summed E-state index contributed by atoms with van der Waals surface area (Å²) < 4.78 is 7.01. The van der Waals surface area contributed by atoms with Crippen molar-refractivity contribution in [2.45, 2.75) is 37.8 Å². The van der Waals surface area contributed by atoms with Gasteiger partial charge in [-0.05, 0) is 31.5 Å². The topological polar surface area (TPSA) is 46.6 Å². The van der Waals surface area contributed by atoms with Gasteiger partial charge in [-0.15, -0.1) is 0 Å². The van der Waals surface area contributed by atoms with E-state index in [9.17, 15) is 9.59 Å². The van der Waals surface area contributed by atoms with Crippen LogP contribution in [0.2, 0.25) is 0 Å². The van der Waals surface area contributed by atoms with E-state index in [1.165, 1.54) is 0 Å². The van der Waals surface area contributed by atoms with Crippen LogP contribution in [0.15, 0.2) is 60.7 Å². The molecule has 0 saturated carbocycles. The molecule has 5 heteroatoms. The number of rotatable bonds is 7. The van der Waals surface area contributed by atoms with E-state index in [4.69, 9.17) is 4.74 Å². The second-order valence-corrected chi connectivity index (χ2v) is 9.79. The van der Waals surface area contributed by atoms with E-state index in [1.807, 2.05) is 60.7 Å². The van der Waals surface area contributed by atoms with Crippen molar-refractivity contribution in [1.29, 1.82) is 0 Å². The summed E-state index contributed by atoms with van der Waals surface area (Å²) in [5, 5.41) is 0. The van der Waals surface area contributed by atoms with Crippen molar-refractivity contribution in [2.24, 2.45) is 5.92 Å². The van der Waals surface area contributed by atoms with Gasteiger partial charge < -0.3 is 9.22 Å². The maximum Gasteiger partial charge on any atom is 0.328 e. The first kappa shape index (κ1) is 21.4. The molecule has 0 aliphatic carbocycles. The number of piperidine rings is 3. The molecule has 2 unspecified atom stereocenters. The molecule has 0 radical (unpaired) electrons. The molecule has 0 N–H and O–H groups in total. The number of hydrogen-bond donors (Lipinski definition) is 0. The quantitative estimate of drug-likeness (QED) is 0.378. The minimum atomic E-state index is -0.325. The fourth-order valence-electron chi connectivity index (χ4n) is 5.94. The summed E-state index contributed by atoms with van der Waals surface area (Å²) in [6.07, 6.45) is 4.22. The number of benzene rings is 2. The SMILES string of the molecule is O=C(C[N+]12CCC(CC1)C(OC(=O)C(c1ccccc1)N1CCCC1)C2)c1ccccc1. The molecule has 4 heterocycles. The van der Waals surface area contributed by atoms with Crippen molar-refractivity contribution in [3.63, 3.8) is 0 Å². The third kappa shape index (κ3) is 4.37. The number of carbonyl (C=O) groups is 2. The lowest BCUT2D eigenvalue weighted by Crippen LogP contribution is -2.65. The van der Waals surface area contributed by atoms with E-state index in [0.29, 0.717) is 12.5 Å². The summed E-state index contributed by atoms with van der Waals surface area (Å²) in [5.74, 6) is 0.486. The molecule has 0 amide bonds. The molecule has 2 atom stereocenters. The van der Waals surface area contributed by atoms with Crippen LogP contribution in [0.3, 0.4) is 0 Å². The van der Waals surface area contributed by atoms with Crippen LogP contribution in [0.5, 0.6) is 0 Å². The van der Waals surface area contributed by atoms with E-state index >= 15 is 0 Å². The van der Waals surface area contributed by atoms with Crippen molar-refractivity contribution in [1.82, 2.24) is 4.90 Å². The number of nitrogens with zero attached hydrogens (tertiary/aromatic N) is 2. The highest BCUT2D eigenvalue weighted by atomic mass is 16.5. The maximum atomic E-state index is 13.5. The zero-order chi connectivity index (χ0) is 22.0. The Balaban J connectivity index is 1.30. The number of ketones is 1. The standard InChI is InChI=1S/C27H33N2O3/c30-24(21-9-3-1-4-10-21)19-29-17-13-22(14-18-29)25(20-29)32-27(31)26(28-15-7-8-16-28)23-11-5-2-6-12-23/h1-6,9-12,22,25-26H,7-8,13-20H2/q+1. The molecule has 4 aliphatic heterocycles. The van der Waals surface area contributed by atoms with Gasteiger partial charge in [-0.2, -0.15) is 0 Å². The summed E-state index contributed by atoms with van der Waals surface area (Å²) in [6.45, 7) is 5.15. The largest absolute Gasteiger partial charge is 0.455 e. The predicted octanol–water partition coefficient (Wildman–Crippen LogP) is 3.86. The Hall–Kier alpha value is -2.50. The molecule has 168 valence electrons. The summed E-state index contributed by atoms with van der Waals surface area (Å²) in [6, 6.07) is 19.3. The minimum Gasteiger partial charge on any atom is -0.455 e. The normalized spacial score (nSPS) is 28.4. The van der Waals surface area contributed by atoms with Crippen molar-refractivity contribution in [3.05, 3.63) is 71.8 Å². The smallest absolute Gasteiger partial charge is 0.328 e. The monoisotopic (exact) mass is 433 g/mol. The molecule has 4 fully saturated rings. The zero-order valence-electron chi connectivity index (χ0n) is 18.7. The number of ether oxygens (including phenoxy) is 1. The lowest BCUT2D eigenvalue weighted by molar-refractivity contribution is -0.938. The van der Waals surface area contributed by atoms with Gasteiger partial charge in [-0.25, -0.2) is 4.79 Å². The van der Waals surface area contributed by atoms with E-state index < -0.39 is 0 Å². The van der Waals surface area contributed by atoms with Crippen LogP contribution >= 0.6 is 0 Å². The van der Waals surface area contributed by atoms with Gasteiger partial charge in [0.25, 0.3) is 0 Å². The highest BCUT2D eigenvalue weighted by Crippen LogP contribution is 2.37. The van der Waals surface area contributed by atoms with Crippen LogP contribution in [0.4, 0.5) is 0 Å². The Kier molecular flexibility index (Phi) is 6.11. The average Bonchev–Trinajstić information content (AvgIpc) is 3.35. The van der Waals surface area contributed by atoms with Crippen molar-refractivity contribution in [3.8, 4) is 0 Å². The molecular weight excluding hydrogens is 400 g/mol. The molecule has 32 heavy (non-hydrogen) atoms. The molecule has 2 aromatic carbocycles. The van der Waals surface area contributed by atoms with Gasteiger partial charge in [0.05, 0.1) is 13.1 Å². The second-order valence-electron chi connectivity index (χ2n) is 9.79. The van der Waals surface area contributed by atoms with Gasteiger partial charge >= 0.3 is 5.97 Å². The first-order valence-electron chi connectivity index (χ1n) is 12.1. The minimum absolute atomic E-state index is 0.0950. The molecule has 0 aromatic heterocycles. The van der Waals surface area contributed by atoms with Gasteiger partial charge in [0.2, 0.25) is 5.78 Å². The fraction of sp³-hybridized carbons (Fsp3) is 0.481. The summed E-state index contributed by atoms with van der Waals surface area (Å²) in [7, 11) is 0. The Labute approximate surface area is 190 Å². The van der Waals surface area contributed by atoms with Crippen molar-refractivity contribution in [2.75, 3.05) is 39.3 Å². The van der Waals surface area contributed by atoms with E-state index in [1.54, 1.807) is 0 Å². The molecule has 5 nitrogen and oxygen atoms in total. The summed E-state index contributed by atoms with van der Waals surface area (Å²) in [5.41, 5.74) is 1.79. The third-order valence-corrected chi connectivity index (χ3v) is 7.73. The van der Waals surface area contributed by atoms with Gasteiger partial charge in [-0.3, -0.25) is 9.69 Å². The average molecular weight is 434 g/mol. The molecule has 2 bridgehead atoms. The number of Topliss-reactive ketones (excluding diaryl/α,β-unsaturated/α-hetero) is 1. The summed E-state index contributed by atoms with van der Waals surface area (Å²) >= 11 is 0. The first-order chi connectivity index (χ1) is 15.6. The van der Waals surface area contributed by atoms with Crippen molar-refractivity contribution >= 4 is 11.8 Å². The number of hydrogen-bond acceptors (Lipinski definition) is 4. The van der Waals surface area contributed by atoms with Gasteiger partial charge in [0, 0.05) is 24.3 Å². The predicted molar refractivity (Wildman–Crippen MR) is 123 cm³/mol. The highest BCUT2D eigenvalue weighted by molar-refractivity contribution is 5.96. The van der Waals surface area contributed by atoms with Crippen LogP contribution in [-0.2, 0) is 9.53 Å². The molecule has 0 spiro atoms. The molecule has 2 aromatic rings. The Morgan fingerprint density at radius 1 is 0.938 bits per heavy atom. The first-order valence-corrected chi connectivity index (χ1v) is 12.1. The van der Waals surface area contributed by atoms with Gasteiger partial charge in [0.15, 0.2) is 6.10 Å². The van der Waals surface area contributed by atoms with E-state index in [-0.39, 0.29) is 23.9 Å². The van der Waals surface area contributed by atoms with Gasteiger partial charge in [-0.1, -0.05) is 60.7 Å². The number of fused-ring (bicyclic) bond motifs is 3. The molecular formula is C27H33N2O3+. The highest BCUT2D eigenvalue weighted by Gasteiger charge is 2.49. The van der Waals surface area contributed by atoms with Crippen LogP contribution in [0.1, 0.15) is 47.6 Å². The molecule has 6 rings (SSSR count). The van der Waals surface area contributed by atoms with Crippen molar-refractivity contribution < 1.29 is 18.8 Å². The summed E-state index contributed by atoms with van der Waals surface area (Å²) in [4.78, 5) is 28.7. The number of quaternary nitrogens is 1. The molecule has 4 aliphatic rings. The van der Waals surface area contributed by atoms with Gasteiger partial charge in [0.1, 0.15) is 19.1 Å². The Bertz CT molecular complexity index is 932. The zero-order valence-corrected chi connectivity index (χ0v) is 18.7. The Morgan fingerprint density at radius 3 is 2.22 bits per heavy atom. The molecule has 4 saturated heterocycles. The van der Waals surface area contributed by atoms with Crippen LogP contribution in [-0.4, -0.2) is 66.5 Å². The number of esters is 1. The lowest BCUT2D eigenvalue weighted by atomic mass is 9.82. The fourth-order valence-corrected chi connectivity index (χ4v) is 5.94. The van der Waals surface area contributed by atoms with Crippen LogP contribution in [0.25, 0.3) is 0 Å².